The number of fused-ring (bicyclic) bond motifs is 4. The van der Waals surface area contributed by atoms with Gasteiger partial charge in [-0.05, 0) is 61.2 Å². The minimum atomic E-state index is -0.0784. The SMILES string of the molecule is Cc1ccccc1N=C1Nc2ccccc2N2C1=Nc1c(c(C)nn1-c1ccccc1)[C@@H]2c1cccs1. The third-order valence-corrected chi connectivity index (χ3v) is 7.77. The molecule has 2 aromatic heterocycles. The smallest absolute Gasteiger partial charge is 0.179 e. The number of nitrogens with one attached hydrogen (secondary N) is 1. The largest absolute Gasteiger partial charge is 0.335 e. The van der Waals surface area contributed by atoms with E-state index in [1.807, 2.05) is 47.1 Å². The lowest BCUT2D eigenvalue weighted by molar-refractivity contribution is 0.831. The molecule has 0 saturated heterocycles. The number of benzene rings is 3. The second-order valence-corrected chi connectivity index (χ2v) is 10.2. The zero-order valence-electron chi connectivity index (χ0n) is 20.5. The van der Waals surface area contributed by atoms with Gasteiger partial charge in [-0.2, -0.15) is 5.10 Å². The Morgan fingerprint density at radius 3 is 2.46 bits per heavy atom. The van der Waals surface area contributed by atoms with E-state index in [0.29, 0.717) is 0 Å². The molecule has 0 aliphatic carbocycles. The minimum absolute atomic E-state index is 0.0784. The van der Waals surface area contributed by atoms with Crippen molar-refractivity contribution in [3.05, 3.63) is 118 Å². The fourth-order valence-electron chi connectivity index (χ4n) is 5.11. The van der Waals surface area contributed by atoms with E-state index in [9.17, 15) is 0 Å². The summed E-state index contributed by atoms with van der Waals surface area (Å²) >= 11 is 1.75. The highest BCUT2D eigenvalue weighted by atomic mass is 32.1. The Balaban J connectivity index is 1.54. The Morgan fingerprint density at radius 2 is 1.65 bits per heavy atom. The zero-order chi connectivity index (χ0) is 24.9. The van der Waals surface area contributed by atoms with Gasteiger partial charge in [0, 0.05) is 10.4 Å². The highest BCUT2D eigenvalue weighted by Crippen LogP contribution is 2.48. The van der Waals surface area contributed by atoms with Crippen molar-refractivity contribution in [3.63, 3.8) is 0 Å². The molecule has 1 N–H and O–H groups in total. The molecule has 5 aromatic rings. The first-order chi connectivity index (χ1) is 18.2. The Labute approximate surface area is 219 Å². The number of hydrogen-bond acceptors (Lipinski definition) is 5. The normalized spacial score (nSPS) is 17.0. The van der Waals surface area contributed by atoms with Crippen molar-refractivity contribution in [2.24, 2.45) is 9.98 Å². The van der Waals surface area contributed by atoms with E-state index in [0.717, 1.165) is 57.1 Å². The summed E-state index contributed by atoms with van der Waals surface area (Å²) in [5, 5.41) is 10.7. The highest BCUT2D eigenvalue weighted by molar-refractivity contribution is 7.10. The van der Waals surface area contributed by atoms with Crippen molar-refractivity contribution in [2.75, 3.05) is 10.2 Å². The zero-order valence-corrected chi connectivity index (χ0v) is 21.3. The molecule has 2 aliphatic heterocycles. The van der Waals surface area contributed by atoms with Gasteiger partial charge < -0.3 is 10.2 Å². The summed E-state index contributed by atoms with van der Waals surface area (Å²) in [4.78, 5) is 13.9. The number of anilines is 2. The fraction of sp³-hybridized carbons (Fsp3) is 0.100. The number of para-hydroxylation sites is 4. The summed E-state index contributed by atoms with van der Waals surface area (Å²) in [5.41, 5.74) is 7.16. The predicted octanol–water partition coefficient (Wildman–Crippen LogP) is 7.35. The standard InChI is InChI=1S/C30H24N6S/c1-19-11-6-7-14-22(19)31-28-30-33-29-26(20(2)34-36(29)21-12-4-3-5-13-21)27(25-17-10-18-37-25)35(30)24-16-9-8-15-23(24)32-28/h3-18,27H,1-2H3,(H,31,32)/t27-/m0/s1. The molecule has 0 radical (unpaired) electrons. The van der Waals surface area contributed by atoms with Crippen molar-refractivity contribution < 1.29 is 0 Å². The molecule has 0 saturated carbocycles. The molecule has 180 valence electrons. The summed E-state index contributed by atoms with van der Waals surface area (Å²) in [7, 11) is 0. The topological polar surface area (TPSA) is 57.8 Å². The number of aromatic nitrogens is 2. The first-order valence-electron chi connectivity index (χ1n) is 12.3. The van der Waals surface area contributed by atoms with Gasteiger partial charge in [-0.3, -0.25) is 0 Å². The van der Waals surface area contributed by atoms with Crippen molar-refractivity contribution in [2.45, 2.75) is 19.9 Å². The summed E-state index contributed by atoms with van der Waals surface area (Å²) < 4.78 is 1.96. The molecule has 2 aliphatic rings. The van der Waals surface area contributed by atoms with Crippen LogP contribution in [-0.4, -0.2) is 21.5 Å². The average Bonchev–Trinajstić information content (AvgIpc) is 3.58. The molecule has 7 rings (SSSR count). The molecule has 0 amide bonds. The molecule has 6 nitrogen and oxygen atoms in total. The number of amidine groups is 2. The molecular weight excluding hydrogens is 476 g/mol. The van der Waals surface area contributed by atoms with Crippen LogP contribution in [0.4, 0.5) is 22.9 Å². The lowest BCUT2D eigenvalue weighted by Crippen LogP contribution is -2.48. The third kappa shape index (κ3) is 3.50. The number of aryl methyl sites for hydroxylation is 2. The predicted molar refractivity (Wildman–Crippen MR) is 152 cm³/mol. The van der Waals surface area contributed by atoms with Crippen LogP contribution in [-0.2, 0) is 0 Å². The van der Waals surface area contributed by atoms with E-state index in [4.69, 9.17) is 15.1 Å². The maximum absolute atomic E-state index is 5.29. The summed E-state index contributed by atoms with van der Waals surface area (Å²) in [6.07, 6.45) is 0. The van der Waals surface area contributed by atoms with Crippen LogP contribution in [0.2, 0.25) is 0 Å². The minimum Gasteiger partial charge on any atom is -0.335 e. The molecule has 0 unspecified atom stereocenters. The van der Waals surface area contributed by atoms with Crippen LogP contribution in [0.15, 0.2) is 106 Å². The maximum Gasteiger partial charge on any atom is 0.179 e. The van der Waals surface area contributed by atoms with Crippen molar-refractivity contribution in [1.82, 2.24) is 9.78 Å². The van der Waals surface area contributed by atoms with E-state index in [-0.39, 0.29) is 6.04 Å². The molecule has 37 heavy (non-hydrogen) atoms. The van der Waals surface area contributed by atoms with E-state index < -0.39 is 0 Å². The van der Waals surface area contributed by atoms with Crippen LogP contribution < -0.4 is 10.2 Å². The van der Waals surface area contributed by atoms with Gasteiger partial charge >= 0.3 is 0 Å². The van der Waals surface area contributed by atoms with Crippen molar-refractivity contribution >= 4 is 45.9 Å². The fourth-order valence-corrected chi connectivity index (χ4v) is 5.93. The Morgan fingerprint density at radius 1 is 0.865 bits per heavy atom. The van der Waals surface area contributed by atoms with Gasteiger partial charge in [0.25, 0.3) is 0 Å². The van der Waals surface area contributed by atoms with Gasteiger partial charge in [-0.15, -0.1) is 11.3 Å². The summed E-state index contributed by atoms with van der Waals surface area (Å²) in [6, 6.07) is 31.0. The lowest BCUT2D eigenvalue weighted by Gasteiger charge is -2.41. The van der Waals surface area contributed by atoms with E-state index >= 15 is 0 Å². The first kappa shape index (κ1) is 21.8. The van der Waals surface area contributed by atoms with Gasteiger partial charge in [-0.25, -0.2) is 14.7 Å². The number of rotatable bonds is 3. The van der Waals surface area contributed by atoms with E-state index in [1.54, 1.807) is 11.3 Å². The van der Waals surface area contributed by atoms with Crippen LogP contribution in [0.3, 0.4) is 0 Å². The number of nitrogens with zero attached hydrogens (tertiary/aromatic N) is 5. The summed E-state index contributed by atoms with van der Waals surface area (Å²) in [5.74, 6) is 2.34. The second kappa shape index (κ2) is 8.57. The molecule has 0 fully saturated rings. The molecule has 3 aromatic carbocycles. The molecule has 4 heterocycles. The van der Waals surface area contributed by atoms with Crippen LogP contribution in [0.5, 0.6) is 0 Å². The van der Waals surface area contributed by atoms with Crippen LogP contribution in [0, 0.1) is 13.8 Å². The highest BCUT2D eigenvalue weighted by Gasteiger charge is 2.42. The Kier molecular flexibility index (Phi) is 5.04. The quantitative estimate of drug-likeness (QED) is 0.282. The van der Waals surface area contributed by atoms with Crippen LogP contribution >= 0.6 is 11.3 Å². The molecule has 1 atom stereocenters. The number of aliphatic imine (C=N–C) groups is 2. The Hall–Kier alpha value is -4.49. The van der Waals surface area contributed by atoms with Crippen LogP contribution in [0.1, 0.15) is 27.7 Å². The lowest BCUT2D eigenvalue weighted by atomic mass is 9.98. The summed E-state index contributed by atoms with van der Waals surface area (Å²) in [6.45, 7) is 4.16. The number of hydrogen-bond donors (Lipinski definition) is 1. The number of thiophene rings is 1. The first-order valence-corrected chi connectivity index (χ1v) is 13.1. The third-order valence-electron chi connectivity index (χ3n) is 6.84. The molecular formula is C30H24N6S. The van der Waals surface area contributed by atoms with Gasteiger partial charge in [-0.1, -0.05) is 54.6 Å². The monoisotopic (exact) mass is 500 g/mol. The van der Waals surface area contributed by atoms with E-state index in [2.05, 4.69) is 78.0 Å². The molecule has 0 spiro atoms. The van der Waals surface area contributed by atoms with Crippen molar-refractivity contribution in [3.8, 4) is 5.69 Å². The maximum atomic E-state index is 5.29. The second-order valence-electron chi connectivity index (χ2n) is 9.18. The van der Waals surface area contributed by atoms with Gasteiger partial charge in [0.15, 0.2) is 17.5 Å². The molecule has 7 heteroatoms. The average molecular weight is 501 g/mol. The van der Waals surface area contributed by atoms with Gasteiger partial charge in [0.1, 0.15) is 6.04 Å². The Bertz CT molecular complexity index is 1680. The molecule has 0 bridgehead atoms. The van der Waals surface area contributed by atoms with E-state index in [1.165, 1.54) is 4.88 Å². The van der Waals surface area contributed by atoms with Crippen LogP contribution in [0.25, 0.3) is 5.69 Å². The van der Waals surface area contributed by atoms with Gasteiger partial charge in [0.05, 0.1) is 28.4 Å². The van der Waals surface area contributed by atoms with Crippen molar-refractivity contribution in [1.29, 1.82) is 0 Å². The van der Waals surface area contributed by atoms with Gasteiger partial charge in [0.2, 0.25) is 0 Å².